The number of benzene rings is 1. The Morgan fingerprint density at radius 3 is 3.08 bits per heavy atom. The molecule has 5 heteroatoms. The maximum absolute atomic E-state index is 12.3. The number of thiophene rings is 1. The number of carbonyl (C=O) groups is 1. The van der Waals surface area contributed by atoms with E-state index in [0.29, 0.717) is 0 Å². The number of fused-ring (bicyclic) bond motifs is 2. The van der Waals surface area contributed by atoms with Crippen molar-refractivity contribution in [3.63, 3.8) is 0 Å². The standard InChI is InChI=1S/C19H18N2O2S/c1-2-15-14(13-7-3-4-8-16(13)23-15)11-20-21-19(22)18-10-12-6-5-9-17(12)24-18/h3-4,7-8,10-11H,2,5-6,9H2,1H3,(H,21,22)/b20-11-. The average Bonchev–Trinajstić information content (AvgIpc) is 3.27. The topological polar surface area (TPSA) is 54.6 Å². The Hall–Kier alpha value is -2.40. The molecule has 1 amide bonds. The molecule has 0 bridgehead atoms. The molecule has 1 aromatic carbocycles. The molecule has 1 aliphatic rings. The Kier molecular flexibility index (Phi) is 3.94. The first-order valence-corrected chi connectivity index (χ1v) is 9.03. The van der Waals surface area contributed by atoms with E-state index in [1.54, 1.807) is 17.6 Å². The Labute approximate surface area is 144 Å². The zero-order valence-electron chi connectivity index (χ0n) is 13.5. The van der Waals surface area contributed by atoms with Crippen LogP contribution in [0.25, 0.3) is 11.0 Å². The summed E-state index contributed by atoms with van der Waals surface area (Å²) in [6.07, 6.45) is 5.85. The lowest BCUT2D eigenvalue weighted by Gasteiger charge is -1.97. The summed E-state index contributed by atoms with van der Waals surface area (Å²) in [5.41, 5.74) is 5.74. The summed E-state index contributed by atoms with van der Waals surface area (Å²) < 4.78 is 5.83. The number of nitrogens with one attached hydrogen (secondary N) is 1. The van der Waals surface area contributed by atoms with Crippen molar-refractivity contribution in [2.24, 2.45) is 5.10 Å². The largest absolute Gasteiger partial charge is 0.460 e. The highest BCUT2D eigenvalue weighted by Gasteiger charge is 2.18. The first-order valence-electron chi connectivity index (χ1n) is 8.21. The van der Waals surface area contributed by atoms with Crippen LogP contribution in [0.2, 0.25) is 0 Å². The molecule has 0 atom stereocenters. The fourth-order valence-corrected chi connectivity index (χ4v) is 4.32. The molecule has 0 fully saturated rings. The van der Waals surface area contributed by atoms with Gasteiger partial charge in [-0.1, -0.05) is 25.1 Å². The monoisotopic (exact) mass is 338 g/mol. The number of hydrazone groups is 1. The van der Waals surface area contributed by atoms with Crippen molar-refractivity contribution in [1.29, 1.82) is 0 Å². The minimum absolute atomic E-state index is 0.142. The van der Waals surface area contributed by atoms with E-state index in [-0.39, 0.29) is 5.91 Å². The minimum Gasteiger partial charge on any atom is -0.460 e. The van der Waals surface area contributed by atoms with Gasteiger partial charge < -0.3 is 4.42 Å². The Morgan fingerprint density at radius 2 is 2.25 bits per heavy atom. The van der Waals surface area contributed by atoms with E-state index in [4.69, 9.17) is 4.42 Å². The molecule has 1 N–H and O–H groups in total. The maximum Gasteiger partial charge on any atom is 0.281 e. The summed E-state index contributed by atoms with van der Waals surface area (Å²) in [5, 5.41) is 5.17. The molecule has 4 nitrogen and oxygen atoms in total. The Bertz CT molecular complexity index is 915. The van der Waals surface area contributed by atoms with Crippen molar-refractivity contribution < 1.29 is 9.21 Å². The molecule has 0 radical (unpaired) electrons. The number of para-hydroxylation sites is 1. The molecule has 2 aromatic heterocycles. The van der Waals surface area contributed by atoms with Crippen LogP contribution in [0.3, 0.4) is 0 Å². The van der Waals surface area contributed by atoms with Gasteiger partial charge in [-0.05, 0) is 37.0 Å². The van der Waals surface area contributed by atoms with Crippen LogP contribution in [0.1, 0.15) is 44.8 Å². The zero-order valence-corrected chi connectivity index (χ0v) is 14.3. The van der Waals surface area contributed by atoms with Crippen LogP contribution in [-0.4, -0.2) is 12.1 Å². The Balaban J connectivity index is 1.53. The molecule has 2 heterocycles. The third-order valence-corrected chi connectivity index (χ3v) is 5.60. The van der Waals surface area contributed by atoms with Gasteiger partial charge in [0.1, 0.15) is 11.3 Å². The normalized spacial score (nSPS) is 13.7. The summed E-state index contributed by atoms with van der Waals surface area (Å²) in [5.74, 6) is 0.737. The van der Waals surface area contributed by atoms with Crippen molar-refractivity contribution in [1.82, 2.24) is 5.43 Å². The van der Waals surface area contributed by atoms with Crippen LogP contribution in [-0.2, 0) is 19.3 Å². The van der Waals surface area contributed by atoms with E-state index in [2.05, 4.69) is 10.5 Å². The maximum atomic E-state index is 12.3. The molecule has 0 saturated carbocycles. The molecular formula is C19H18N2O2S. The van der Waals surface area contributed by atoms with Gasteiger partial charge in [-0.2, -0.15) is 5.10 Å². The highest BCUT2D eigenvalue weighted by Crippen LogP contribution is 2.30. The fourth-order valence-electron chi connectivity index (χ4n) is 3.17. The molecule has 0 unspecified atom stereocenters. The summed E-state index contributed by atoms with van der Waals surface area (Å²) in [7, 11) is 0. The molecule has 0 saturated heterocycles. The number of amides is 1. The van der Waals surface area contributed by atoms with E-state index in [0.717, 1.165) is 46.4 Å². The summed E-state index contributed by atoms with van der Waals surface area (Å²) in [6.45, 7) is 2.04. The number of rotatable bonds is 4. The van der Waals surface area contributed by atoms with Gasteiger partial charge in [-0.3, -0.25) is 4.79 Å². The number of nitrogens with zero attached hydrogens (tertiary/aromatic N) is 1. The second-order valence-corrected chi connectivity index (χ2v) is 7.04. The second kappa shape index (κ2) is 6.24. The molecule has 1 aliphatic carbocycles. The van der Waals surface area contributed by atoms with Crippen molar-refractivity contribution in [3.05, 3.63) is 57.0 Å². The van der Waals surface area contributed by atoms with Crippen molar-refractivity contribution in [2.75, 3.05) is 0 Å². The summed E-state index contributed by atoms with van der Waals surface area (Å²) in [4.78, 5) is 14.3. The van der Waals surface area contributed by atoms with Crippen LogP contribution in [0.15, 0.2) is 39.9 Å². The quantitative estimate of drug-likeness (QED) is 0.569. The van der Waals surface area contributed by atoms with E-state index < -0.39 is 0 Å². The van der Waals surface area contributed by atoms with Crippen molar-refractivity contribution in [3.8, 4) is 0 Å². The predicted molar refractivity (Wildman–Crippen MR) is 97.0 cm³/mol. The number of carbonyl (C=O) groups excluding carboxylic acids is 1. The van der Waals surface area contributed by atoms with Gasteiger partial charge in [0, 0.05) is 22.2 Å². The summed E-state index contributed by atoms with van der Waals surface area (Å²) in [6, 6.07) is 9.87. The number of furan rings is 1. The van der Waals surface area contributed by atoms with Gasteiger partial charge in [-0.25, -0.2) is 5.43 Å². The third kappa shape index (κ3) is 2.65. The molecule has 0 aliphatic heterocycles. The van der Waals surface area contributed by atoms with E-state index in [1.807, 2.05) is 37.3 Å². The third-order valence-electron chi connectivity index (χ3n) is 4.36. The lowest BCUT2D eigenvalue weighted by Crippen LogP contribution is -2.16. The zero-order chi connectivity index (χ0) is 16.5. The van der Waals surface area contributed by atoms with Gasteiger partial charge in [0.05, 0.1) is 11.1 Å². The van der Waals surface area contributed by atoms with Gasteiger partial charge in [-0.15, -0.1) is 11.3 Å². The lowest BCUT2D eigenvalue weighted by atomic mass is 10.1. The average molecular weight is 338 g/mol. The molecular weight excluding hydrogens is 320 g/mol. The number of aryl methyl sites for hydroxylation is 3. The van der Waals surface area contributed by atoms with Gasteiger partial charge >= 0.3 is 0 Å². The fraction of sp³-hybridized carbons (Fsp3) is 0.263. The SMILES string of the molecule is CCc1oc2ccccc2c1/C=N\NC(=O)c1cc2c(s1)CCC2. The molecule has 0 spiro atoms. The summed E-state index contributed by atoms with van der Waals surface area (Å²) >= 11 is 1.58. The van der Waals surface area contributed by atoms with Crippen LogP contribution in [0, 0.1) is 0 Å². The number of hydrogen-bond acceptors (Lipinski definition) is 4. The van der Waals surface area contributed by atoms with E-state index in [1.165, 1.54) is 16.9 Å². The second-order valence-electron chi connectivity index (χ2n) is 5.90. The lowest BCUT2D eigenvalue weighted by molar-refractivity contribution is 0.0959. The smallest absolute Gasteiger partial charge is 0.281 e. The number of hydrogen-bond donors (Lipinski definition) is 1. The molecule has 4 rings (SSSR count). The van der Waals surface area contributed by atoms with Crippen molar-refractivity contribution in [2.45, 2.75) is 32.6 Å². The molecule has 24 heavy (non-hydrogen) atoms. The van der Waals surface area contributed by atoms with Gasteiger partial charge in [0.2, 0.25) is 0 Å². The first kappa shape index (κ1) is 15.1. The molecule has 3 aromatic rings. The van der Waals surface area contributed by atoms with Crippen LogP contribution in [0.5, 0.6) is 0 Å². The highest BCUT2D eigenvalue weighted by molar-refractivity contribution is 7.14. The predicted octanol–water partition coefficient (Wildman–Crippen LogP) is 4.31. The minimum atomic E-state index is -0.142. The van der Waals surface area contributed by atoms with Gasteiger partial charge in [0.25, 0.3) is 5.91 Å². The van der Waals surface area contributed by atoms with E-state index >= 15 is 0 Å². The van der Waals surface area contributed by atoms with Crippen molar-refractivity contribution >= 4 is 34.4 Å². The van der Waals surface area contributed by atoms with E-state index in [9.17, 15) is 4.79 Å². The van der Waals surface area contributed by atoms with Crippen LogP contribution < -0.4 is 5.43 Å². The first-order chi connectivity index (χ1) is 11.8. The molecule has 122 valence electrons. The van der Waals surface area contributed by atoms with Gasteiger partial charge in [0.15, 0.2) is 0 Å². The highest BCUT2D eigenvalue weighted by atomic mass is 32.1. The van der Waals surface area contributed by atoms with Crippen LogP contribution >= 0.6 is 11.3 Å². The Morgan fingerprint density at radius 1 is 1.38 bits per heavy atom. The van der Waals surface area contributed by atoms with Crippen LogP contribution in [0.4, 0.5) is 0 Å².